The van der Waals surface area contributed by atoms with E-state index in [-0.39, 0.29) is 0 Å². The smallest absolute Gasteiger partial charge is 0.222 e. The van der Waals surface area contributed by atoms with Gasteiger partial charge in [-0.3, -0.25) is 9.78 Å². The maximum atomic E-state index is 12.3. The number of carbonyl (C=O) groups is 1. The molecule has 1 amide bonds. The largest absolute Gasteiger partial charge is 0.379 e. The van der Waals surface area contributed by atoms with E-state index in [0.29, 0.717) is 11.9 Å². The van der Waals surface area contributed by atoms with Gasteiger partial charge in [-0.2, -0.15) is 0 Å². The van der Waals surface area contributed by atoms with Crippen molar-refractivity contribution in [2.24, 2.45) is 5.92 Å². The Labute approximate surface area is 126 Å². The zero-order valence-electron chi connectivity index (χ0n) is 12.6. The first-order chi connectivity index (χ1) is 10.3. The van der Waals surface area contributed by atoms with Crippen LogP contribution in [0.2, 0.25) is 0 Å². The van der Waals surface area contributed by atoms with Crippen LogP contribution in [0.15, 0.2) is 24.5 Å². The topological polar surface area (TPSA) is 45.2 Å². The fraction of sp³-hybridized carbons (Fsp3) is 0.647. The molecule has 1 atom stereocenters. The zero-order valence-corrected chi connectivity index (χ0v) is 12.6. The molecule has 0 spiro atoms. The van der Waals surface area contributed by atoms with E-state index in [9.17, 15) is 4.79 Å². The number of hydrogen-bond donors (Lipinski definition) is 1. The summed E-state index contributed by atoms with van der Waals surface area (Å²) < 4.78 is 0. The Morgan fingerprint density at radius 3 is 2.95 bits per heavy atom. The summed E-state index contributed by atoms with van der Waals surface area (Å²) in [5.41, 5.74) is 1.04. The Morgan fingerprint density at radius 2 is 2.19 bits per heavy atom. The van der Waals surface area contributed by atoms with Crippen molar-refractivity contribution in [3.63, 3.8) is 0 Å². The fourth-order valence-electron chi connectivity index (χ4n) is 3.57. The molecule has 1 saturated carbocycles. The lowest BCUT2D eigenvalue weighted by atomic mass is 10.0. The number of carbonyl (C=O) groups excluding carboxylic acids is 1. The number of nitrogens with one attached hydrogen (secondary N) is 1. The summed E-state index contributed by atoms with van der Waals surface area (Å²) in [6.45, 7) is 1.72. The van der Waals surface area contributed by atoms with Crippen molar-refractivity contribution in [3.8, 4) is 0 Å². The van der Waals surface area contributed by atoms with Crippen LogP contribution in [0.4, 0.5) is 5.69 Å². The van der Waals surface area contributed by atoms with E-state index >= 15 is 0 Å². The quantitative estimate of drug-likeness (QED) is 0.905. The highest BCUT2D eigenvalue weighted by atomic mass is 16.2. The van der Waals surface area contributed by atoms with Gasteiger partial charge < -0.3 is 10.2 Å². The SMILES string of the molecule is O=C(CCC1CCCC1)N1CCC(Nc2cccnc2)C1. The predicted octanol–water partition coefficient (Wildman–Crippen LogP) is 3.06. The van der Waals surface area contributed by atoms with Crippen molar-refractivity contribution < 1.29 is 4.79 Å². The molecular formula is C17H25N3O. The van der Waals surface area contributed by atoms with Crippen molar-refractivity contribution in [1.82, 2.24) is 9.88 Å². The number of hydrogen-bond acceptors (Lipinski definition) is 3. The number of anilines is 1. The third-order valence-electron chi connectivity index (χ3n) is 4.81. The molecule has 1 aromatic heterocycles. The summed E-state index contributed by atoms with van der Waals surface area (Å²) in [6.07, 6.45) is 11.9. The highest BCUT2D eigenvalue weighted by Crippen LogP contribution is 2.29. The third-order valence-corrected chi connectivity index (χ3v) is 4.81. The summed E-state index contributed by atoms with van der Waals surface area (Å²) >= 11 is 0. The number of aromatic nitrogens is 1. The molecule has 4 heteroatoms. The molecule has 2 fully saturated rings. The van der Waals surface area contributed by atoms with E-state index in [4.69, 9.17) is 0 Å². The van der Waals surface area contributed by atoms with E-state index in [1.807, 2.05) is 23.2 Å². The van der Waals surface area contributed by atoms with E-state index < -0.39 is 0 Å². The molecule has 21 heavy (non-hydrogen) atoms. The maximum Gasteiger partial charge on any atom is 0.222 e. The predicted molar refractivity (Wildman–Crippen MR) is 84.0 cm³/mol. The lowest BCUT2D eigenvalue weighted by Crippen LogP contribution is -2.31. The lowest BCUT2D eigenvalue weighted by molar-refractivity contribution is -0.130. The highest BCUT2D eigenvalue weighted by molar-refractivity contribution is 5.76. The van der Waals surface area contributed by atoms with E-state index in [1.165, 1.54) is 25.7 Å². The molecule has 1 aliphatic carbocycles. The second kappa shape index (κ2) is 6.92. The van der Waals surface area contributed by atoms with Gasteiger partial charge in [0.05, 0.1) is 5.69 Å². The first-order valence-electron chi connectivity index (χ1n) is 8.25. The van der Waals surface area contributed by atoms with Gasteiger partial charge in [-0.1, -0.05) is 25.7 Å². The molecule has 1 aliphatic heterocycles. The molecule has 3 rings (SSSR count). The standard InChI is InChI=1S/C17H25N3O/c21-17(8-7-14-4-1-2-5-14)20-11-9-16(13-20)19-15-6-3-10-18-12-15/h3,6,10,12,14,16,19H,1-2,4-5,7-9,11,13H2. The molecule has 114 valence electrons. The van der Waals surface area contributed by atoms with Crippen molar-refractivity contribution in [1.29, 1.82) is 0 Å². The van der Waals surface area contributed by atoms with Gasteiger partial charge in [0.2, 0.25) is 5.91 Å². The Balaban J connectivity index is 1.42. The monoisotopic (exact) mass is 287 g/mol. The molecule has 0 bridgehead atoms. The molecule has 2 aliphatic rings. The molecule has 1 saturated heterocycles. The van der Waals surface area contributed by atoms with E-state index in [2.05, 4.69) is 10.3 Å². The normalized spacial score (nSPS) is 22.7. The number of amides is 1. The average molecular weight is 287 g/mol. The molecule has 2 heterocycles. The number of likely N-dealkylation sites (tertiary alicyclic amines) is 1. The van der Waals surface area contributed by atoms with Crippen LogP contribution in [0.5, 0.6) is 0 Å². The van der Waals surface area contributed by atoms with Crippen LogP contribution in [0, 0.1) is 5.92 Å². The molecule has 0 radical (unpaired) electrons. The number of nitrogens with zero attached hydrogens (tertiary/aromatic N) is 2. The number of pyridine rings is 1. The molecule has 1 N–H and O–H groups in total. The van der Waals surface area contributed by atoms with Gasteiger partial charge in [-0.15, -0.1) is 0 Å². The van der Waals surface area contributed by atoms with Crippen molar-refractivity contribution in [2.45, 2.75) is 51.0 Å². The minimum atomic E-state index is 0.345. The van der Waals surface area contributed by atoms with Crippen LogP contribution in [-0.2, 0) is 4.79 Å². The van der Waals surface area contributed by atoms with Crippen molar-refractivity contribution in [3.05, 3.63) is 24.5 Å². The first-order valence-corrected chi connectivity index (χ1v) is 8.25. The summed E-state index contributed by atoms with van der Waals surface area (Å²) in [5.74, 6) is 1.15. The summed E-state index contributed by atoms with van der Waals surface area (Å²) in [6, 6.07) is 4.32. The van der Waals surface area contributed by atoms with Gasteiger partial charge in [0.15, 0.2) is 0 Å². The summed E-state index contributed by atoms with van der Waals surface area (Å²) in [4.78, 5) is 18.4. The Kier molecular flexibility index (Phi) is 4.73. The zero-order chi connectivity index (χ0) is 14.5. The van der Waals surface area contributed by atoms with Crippen LogP contribution >= 0.6 is 0 Å². The van der Waals surface area contributed by atoms with Crippen LogP contribution in [0.3, 0.4) is 0 Å². The first kappa shape index (κ1) is 14.4. The van der Waals surface area contributed by atoms with Gasteiger partial charge in [-0.05, 0) is 30.9 Å². The van der Waals surface area contributed by atoms with Crippen LogP contribution < -0.4 is 5.32 Å². The Morgan fingerprint density at radius 1 is 1.33 bits per heavy atom. The van der Waals surface area contributed by atoms with Crippen molar-refractivity contribution >= 4 is 11.6 Å². The van der Waals surface area contributed by atoms with Gasteiger partial charge in [0, 0.05) is 37.9 Å². The fourth-order valence-corrected chi connectivity index (χ4v) is 3.57. The van der Waals surface area contributed by atoms with Gasteiger partial charge in [0.1, 0.15) is 0 Å². The maximum absolute atomic E-state index is 12.3. The number of rotatable bonds is 5. The van der Waals surface area contributed by atoms with Crippen LogP contribution in [0.1, 0.15) is 44.9 Å². The average Bonchev–Trinajstić information content (AvgIpc) is 3.17. The van der Waals surface area contributed by atoms with Crippen molar-refractivity contribution in [2.75, 3.05) is 18.4 Å². The van der Waals surface area contributed by atoms with E-state index in [1.54, 1.807) is 6.20 Å². The van der Waals surface area contributed by atoms with Gasteiger partial charge >= 0.3 is 0 Å². The summed E-state index contributed by atoms with van der Waals surface area (Å²) in [7, 11) is 0. The van der Waals surface area contributed by atoms with E-state index in [0.717, 1.165) is 44.0 Å². The van der Waals surface area contributed by atoms with Crippen LogP contribution in [-0.4, -0.2) is 34.9 Å². The minimum absolute atomic E-state index is 0.345. The molecular weight excluding hydrogens is 262 g/mol. The summed E-state index contributed by atoms with van der Waals surface area (Å²) in [5, 5.41) is 3.47. The molecule has 0 aromatic carbocycles. The molecule has 1 unspecified atom stereocenters. The Hall–Kier alpha value is -1.58. The third kappa shape index (κ3) is 3.96. The van der Waals surface area contributed by atoms with Crippen LogP contribution in [0.25, 0.3) is 0 Å². The second-order valence-corrected chi connectivity index (χ2v) is 6.40. The highest BCUT2D eigenvalue weighted by Gasteiger charge is 2.26. The lowest BCUT2D eigenvalue weighted by Gasteiger charge is -2.18. The molecule has 4 nitrogen and oxygen atoms in total. The van der Waals surface area contributed by atoms with Gasteiger partial charge in [0.25, 0.3) is 0 Å². The Bertz CT molecular complexity index is 456. The molecule has 1 aromatic rings. The second-order valence-electron chi connectivity index (χ2n) is 6.40. The minimum Gasteiger partial charge on any atom is -0.379 e. The van der Waals surface area contributed by atoms with Gasteiger partial charge in [-0.25, -0.2) is 0 Å².